The normalized spacial score (nSPS) is 7.50. The number of rotatable bonds is 3. The van der Waals surface area contributed by atoms with Gasteiger partial charge in [0.1, 0.15) is 0 Å². The Morgan fingerprint density at radius 2 is 2.08 bits per heavy atom. The van der Waals surface area contributed by atoms with E-state index in [1.165, 1.54) is 0 Å². The Balaban J connectivity index is 0. The third-order valence-electron chi connectivity index (χ3n) is 0.882. The fourth-order valence-corrected chi connectivity index (χ4v) is 0.478. The van der Waals surface area contributed by atoms with Gasteiger partial charge < -0.3 is 4.74 Å². The van der Waals surface area contributed by atoms with E-state index in [4.69, 9.17) is 10.00 Å². The van der Waals surface area contributed by atoms with Crippen molar-refractivity contribution in [2.45, 2.75) is 33.1 Å². The summed E-state index contributed by atoms with van der Waals surface area (Å²) in [4.78, 5) is 0. The highest BCUT2D eigenvalue weighted by molar-refractivity contribution is 8.10. The lowest BCUT2D eigenvalue weighted by Crippen LogP contribution is -1.94. The van der Waals surface area contributed by atoms with Gasteiger partial charge in [0, 0.05) is 6.42 Å². The van der Waals surface area contributed by atoms with Gasteiger partial charge in [0.15, 0.2) is 0 Å². The lowest BCUT2D eigenvalue weighted by molar-refractivity contribution is 0.313. The van der Waals surface area contributed by atoms with Gasteiger partial charge in [-0.1, -0.05) is 32.9 Å². The quantitative estimate of drug-likeness (QED) is 0.437. The number of thiocarbonyl (C=S) groups is 1. The first-order valence-corrected chi connectivity index (χ1v) is 4.77. The summed E-state index contributed by atoms with van der Waals surface area (Å²) in [6.07, 6.45) is 2.82. The Hall–Kier alpha value is -0.270. The molecule has 0 aromatic carbocycles. The van der Waals surface area contributed by atoms with Crippen molar-refractivity contribution in [2.24, 2.45) is 0 Å². The van der Waals surface area contributed by atoms with Crippen LogP contribution in [0.3, 0.4) is 0 Å². The predicted octanol–water partition coefficient (Wildman–Crippen LogP) is 2.94. The SMILES string of the molecule is CCC#N.CCCCOC(=S)S. The molecule has 0 saturated carbocycles. The van der Waals surface area contributed by atoms with Crippen LogP contribution in [0.1, 0.15) is 33.1 Å². The summed E-state index contributed by atoms with van der Waals surface area (Å²) in [5, 5.41) is 7.62. The van der Waals surface area contributed by atoms with Gasteiger partial charge in [-0.2, -0.15) is 5.26 Å². The van der Waals surface area contributed by atoms with Gasteiger partial charge in [-0.15, -0.1) is 0 Å². The summed E-state index contributed by atoms with van der Waals surface area (Å²) < 4.78 is 5.22. The van der Waals surface area contributed by atoms with Crippen molar-refractivity contribution in [2.75, 3.05) is 6.61 Å². The van der Waals surface area contributed by atoms with Crippen LogP contribution in [0.15, 0.2) is 0 Å². The molecule has 0 amide bonds. The van der Waals surface area contributed by atoms with Gasteiger partial charge in [0.05, 0.1) is 12.7 Å². The average molecular weight is 205 g/mol. The molecule has 0 aliphatic rings. The van der Waals surface area contributed by atoms with Crippen molar-refractivity contribution in [1.82, 2.24) is 0 Å². The lowest BCUT2D eigenvalue weighted by Gasteiger charge is -1.98. The molecule has 70 valence electrons. The van der Waals surface area contributed by atoms with E-state index in [0.717, 1.165) is 12.8 Å². The van der Waals surface area contributed by atoms with E-state index >= 15 is 0 Å². The Bertz CT molecular complexity index is 142. The zero-order valence-corrected chi connectivity index (χ0v) is 9.25. The monoisotopic (exact) mass is 205 g/mol. The molecule has 0 fully saturated rings. The highest BCUT2D eigenvalue weighted by atomic mass is 32.1. The molecule has 0 aromatic heterocycles. The number of unbranched alkanes of at least 4 members (excludes halogenated alkanes) is 1. The minimum atomic E-state index is 0.346. The van der Waals surface area contributed by atoms with Crippen molar-refractivity contribution < 1.29 is 4.74 Å². The Morgan fingerprint density at radius 1 is 1.58 bits per heavy atom. The Labute approximate surface area is 85.3 Å². The molecule has 2 nitrogen and oxygen atoms in total. The highest BCUT2D eigenvalue weighted by Gasteiger charge is 1.85. The molecule has 0 saturated heterocycles. The van der Waals surface area contributed by atoms with E-state index in [9.17, 15) is 0 Å². The third-order valence-corrected chi connectivity index (χ3v) is 1.13. The molecule has 0 aliphatic heterocycles. The first-order chi connectivity index (χ1) is 5.68. The van der Waals surface area contributed by atoms with Crippen molar-refractivity contribution in [3.05, 3.63) is 0 Å². The largest absolute Gasteiger partial charge is 0.479 e. The maximum absolute atomic E-state index is 7.62. The average Bonchev–Trinajstić information content (AvgIpc) is 2.05. The molecule has 0 rings (SSSR count). The van der Waals surface area contributed by atoms with Crippen LogP contribution in [0, 0.1) is 11.3 Å². The molecule has 0 bridgehead atoms. The topological polar surface area (TPSA) is 33.0 Å². The second-order valence-corrected chi connectivity index (χ2v) is 3.06. The van der Waals surface area contributed by atoms with Crippen molar-refractivity contribution in [3.63, 3.8) is 0 Å². The summed E-state index contributed by atoms with van der Waals surface area (Å²) in [5.41, 5.74) is 0. The molecule has 0 atom stereocenters. The van der Waals surface area contributed by atoms with Crippen LogP contribution < -0.4 is 0 Å². The molecule has 12 heavy (non-hydrogen) atoms. The number of hydrogen-bond acceptors (Lipinski definition) is 3. The molecule has 4 heteroatoms. The molecule has 0 radical (unpaired) electrons. The molecule has 0 aromatic rings. The van der Waals surface area contributed by atoms with E-state index in [0.29, 0.717) is 17.4 Å². The third kappa shape index (κ3) is 22.6. The summed E-state index contributed by atoms with van der Waals surface area (Å²) >= 11 is 8.33. The zero-order chi connectivity index (χ0) is 9.82. The number of thiol groups is 1. The van der Waals surface area contributed by atoms with Gasteiger partial charge in [-0.05, 0) is 18.6 Å². The highest BCUT2D eigenvalue weighted by Crippen LogP contribution is 1.91. The standard InChI is InChI=1S/C5H10OS2.C3H5N/c1-2-3-4-6-5(7)8;1-2-3-4/h2-4H2,1H3,(H,7,8);2H2,1H3. The number of nitrogens with zero attached hydrogens (tertiary/aromatic N) is 1. The Kier molecular flexibility index (Phi) is 15.8. The first kappa shape index (κ1) is 14.3. The predicted molar refractivity (Wildman–Crippen MR) is 58.3 cm³/mol. The molecule has 0 N–H and O–H groups in total. The first-order valence-electron chi connectivity index (χ1n) is 3.91. The van der Waals surface area contributed by atoms with Crippen LogP contribution in [-0.4, -0.2) is 11.0 Å². The fraction of sp³-hybridized carbons (Fsp3) is 0.750. The van der Waals surface area contributed by atoms with E-state index < -0.39 is 0 Å². The molecule has 0 unspecified atom stereocenters. The van der Waals surface area contributed by atoms with Crippen LogP contribution in [0.2, 0.25) is 0 Å². The van der Waals surface area contributed by atoms with Crippen LogP contribution in [0.5, 0.6) is 0 Å². The van der Waals surface area contributed by atoms with Gasteiger partial charge >= 0.3 is 0 Å². The van der Waals surface area contributed by atoms with Gasteiger partial charge in [0.25, 0.3) is 0 Å². The summed E-state index contributed by atoms with van der Waals surface area (Å²) in [6, 6.07) is 1.93. The molecule has 0 heterocycles. The minimum absolute atomic E-state index is 0.346. The van der Waals surface area contributed by atoms with Gasteiger partial charge in [-0.25, -0.2) is 0 Å². The van der Waals surface area contributed by atoms with E-state index in [2.05, 4.69) is 31.8 Å². The maximum atomic E-state index is 7.62. The van der Waals surface area contributed by atoms with Gasteiger partial charge in [0.2, 0.25) is 4.38 Å². The molecule has 0 spiro atoms. The molecular formula is C8H15NOS2. The minimum Gasteiger partial charge on any atom is -0.479 e. The second kappa shape index (κ2) is 13.3. The number of ether oxygens (including phenoxy) is 1. The van der Waals surface area contributed by atoms with Crippen molar-refractivity contribution >= 4 is 29.2 Å². The van der Waals surface area contributed by atoms with Crippen LogP contribution in [0.25, 0.3) is 0 Å². The fourth-order valence-electron chi connectivity index (χ4n) is 0.304. The van der Waals surface area contributed by atoms with Crippen LogP contribution >= 0.6 is 24.8 Å². The van der Waals surface area contributed by atoms with Crippen molar-refractivity contribution in [1.29, 1.82) is 5.26 Å². The molecular weight excluding hydrogens is 190 g/mol. The van der Waals surface area contributed by atoms with Crippen LogP contribution in [0.4, 0.5) is 0 Å². The van der Waals surface area contributed by atoms with Gasteiger partial charge in [-0.3, -0.25) is 0 Å². The maximum Gasteiger partial charge on any atom is 0.216 e. The van der Waals surface area contributed by atoms with E-state index in [1.807, 2.05) is 13.0 Å². The van der Waals surface area contributed by atoms with E-state index in [-0.39, 0.29) is 0 Å². The number of hydrogen-bond donors (Lipinski definition) is 1. The lowest BCUT2D eigenvalue weighted by atomic mass is 10.4. The van der Waals surface area contributed by atoms with E-state index in [1.54, 1.807) is 0 Å². The van der Waals surface area contributed by atoms with Crippen molar-refractivity contribution in [3.8, 4) is 6.07 Å². The smallest absolute Gasteiger partial charge is 0.216 e. The summed E-state index contributed by atoms with van der Waals surface area (Å²) in [6.45, 7) is 4.63. The van der Waals surface area contributed by atoms with Crippen LogP contribution in [-0.2, 0) is 4.74 Å². The summed E-state index contributed by atoms with van der Waals surface area (Å²) in [7, 11) is 0. The summed E-state index contributed by atoms with van der Waals surface area (Å²) in [5.74, 6) is 0. The zero-order valence-electron chi connectivity index (χ0n) is 7.54. The Morgan fingerprint density at radius 3 is 2.33 bits per heavy atom. The molecule has 0 aliphatic carbocycles. The second-order valence-electron chi connectivity index (χ2n) is 1.98. The number of nitriles is 1.